The molecule has 1 N–H and O–H groups in total. The Morgan fingerprint density at radius 2 is 2.17 bits per heavy atom. The number of hydrogen-bond donors (Lipinski definition) is 1. The van der Waals surface area contributed by atoms with Gasteiger partial charge >= 0.3 is 0 Å². The summed E-state index contributed by atoms with van der Waals surface area (Å²) in [6.45, 7) is 2.00. The third-order valence-electron chi connectivity index (χ3n) is 3.79. The third kappa shape index (κ3) is 3.40. The molecule has 0 aromatic heterocycles. The van der Waals surface area contributed by atoms with Crippen molar-refractivity contribution in [1.82, 2.24) is 0 Å². The van der Waals surface area contributed by atoms with Gasteiger partial charge in [-0.1, -0.05) is 12.1 Å². The average molecular weight is 327 g/mol. The molecule has 0 radical (unpaired) electrons. The summed E-state index contributed by atoms with van der Waals surface area (Å²) >= 11 is 0. The van der Waals surface area contributed by atoms with Gasteiger partial charge in [-0.2, -0.15) is 0 Å². The highest BCUT2D eigenvalue weighted by atomic mass is 19.1. The summed E-state index contributed by atoms with van der Waals surface area (Å²) < 4.78 is 24.6. The molecule has 24 heavy (non-hydrogen) atoms. The molecule has 1 heterocycles. The van der Waals surface area contributed by atoms with E-state index in [0.29, 0.717) is 5.75 Å². The molecule has 5 heteroatoms. The molecule has 124 valence electrons. The Morgan fingerprint density at radius 3 is 2.92 bits per heavy atom. The summed E-state index contributed by atoms with van der Waals surface area (Å²) in [5.74, 6) is 0.576. The molecule has 0 spiro atoms. The van der Waals surface area contributed by atoms with Crippen LogP contribution in [0.4, 0.5) is 10.1 Å². The van der Waals surface area contributed by atoms with E-state index < -0.39 is 11.7 Å². The first kappa shape index (κ1) is 16.1. The molecule has 1 aliphatic rings. The highest BCUT2D eigenvalue weighted by Gasteiger charge is 2.21. The molecule has 0 bridgehead atoms. The minimum atomic E-state index is -0.475. The monoisotopic (exact) mass is 327 g/mol. The van der Waals surface area contributed by atoms with Gasteiger partial charge < -0.3 is 14.8 Å². The zero-order chi connectivity index (χ0) is 17.1. The molecule has 1 unspecified atom stereocenters. The van der Waals surface area contributed by atoms with Crippen LogP contribution >= 0.6 is 0 Å². The normalized spacial score (nSPS) is 15.9. The molecule has 1 atom stereocenters. The Labute approximate surface area is 139 Å². The van der Waals surface area contributed by atoms with Crippen molar-refractivity contribution in [2.75, 3.05) is 12.4 Å². The first-order valence-corrected chi connectivity index (χ1v) is 7.68. The van der Waals surface area contributed by atoms with Gasteiger partial charge in [-0.15, -0.1) is 0 Å². The van der Waals surface area contributed by atoms with Crippen molar-refractivity contribution in [3.63, 3.8) is 0 Å². The van der Waals surface area contributed by atoms with Gasteiger partial charge in [0.2, 0.25) is 5.91 Å². The molecular formula is C19H18FNO3. The number of carbonyl (C=O) groups is 1. The van der Waals surface area contributed by atoms with Crippen LogP contribution in [0.25, 0.3) is 6.08 Å². The number of benzene rings is 2. The lowest BCUT2D eigenvalue weighted by Crippen LogP contribution is -2.09. The van der Waals surface area contributed by atoms with Crippen LogP contribution in [-0.2, 0) is 11.2 Å². The summed E-state index contributed by atoms with van der Waals surface area (Å²) in [5, 5.41) is 2.50. The summed E-state index contributed by atoms with van der Waals surface area (Å²) in [4.78, 5) is 12.0. The van der Waals surface area contributed by atoms with E-state index in [1.807, 2.05) is 19.1 Å². The van der Waals surface area contributed by atoms with Crippen molar-refractivity contribution in [1.29, 1.82) is 0 Å². The first-order valence-electron chi connectivity index (χ1n) is 7.68. The topological polar surface area (TPSA) is 47.6 Å². The molecule has 0 saturated carbocycles. The summed E-state index contributed by atoms with van der Waals surface area (Å²) in [5.41, 5.74) is 1.96. The summed E-state index contributed by atoms with van der Waals surface area (Å²) in [6.07, 6.45) is 3.94. The Balaban J connectivity index is 1.78. The number of rotatable bonds is 4. The van der Waals surface area contributed by atoms with Crippen molar-refractivity contribution in [2.45, 2.75) is 19.4 Å². The molecule has 0 saturated heterocycles. The number of anilines is 1. The van der Waals surface area contributed by atoms with E-state index in [1.165, 1.54) is 18.2 Å². The van der Waals surface area contributed by atoms with Gasteiger partial charge in [0.15, 0.2) is 0 Å². The van der Waals surface area contributed by atoms with E-state index in [2.05, 4.69) is 5.32 Å². The van der Waals surface area contributed by atoms with E-state index in [0.717, 1.165) is 23.3 Å². The number of methoxy groups -OCH3 is 1. The molecule has 0 aliphatic carbocycles. The number of carbonyl (C=O) groups excluding carboxylic acids is 1. The lowest BCUT2D eigenvalue weighted by atomic mass is 10.1. The predicted octanol–water partition coefficient (Wildman–Crippen LogP) is 3.81. The lowest BCUT2D eigenvalue weighted by molar-refractivity contribution is -0.111. The largest absolute Gasteiger partial charge is 0.496 e. The fourth-order valence-electron chi connectivity index (χ4n) is 2.66. The van der Waals surface area contributed by atoms with Crippen LogP contribution in [0.2, 0.25) is 0 Å². The average Bonchev–Trinajstić information content (AvgIpc) is 2.93. The van der Waals surface area contributed by atoms with Gasteiger partial charge in [-0.25, -0.2) is 4.39 Å². The fraction of sp³-hybridized carbons (Fsp3) is 0.211. The molecule has 1 aliphatic heterocycles. The van der Waals surface area contributed by atoms with Crippen molar-refractivity contribution >= 4 is 17.7 Å². The summed E-state index contributed by atoms with van der Waals surface area (Å²) in [7, 11) is 1.58. The third-order valence-corrected chi connectivity index (χ3v) is 3.79. The lowest BCUT2D eigenvalue weighted by Gasteiger charge is -2.08. The maximum atomic E-state index is 13.5. The fourth-order valence-corrected chi connectivity index (χ4v) is 2.66. The number of para-hydroxylation sites is 1. The number of amides is 1. The minimum absolute atomic E-state index is 0.133. The Morgan fingerprint density at radius 1 is 1.38 bits per heavy atom. The predicted molar refractivity (Wildman–Crippen MR) is 90.9 cm³/mol. The van der Waals surface area contributed by atoms with Crippen molar-refractivity contribution in [2.24, 2.45) is 0 Å². The van der Waals surface area contributed by atoms with Crippen LogP contribution in [-0.4, -0.2) is 19.1 Å². The summed E-state index contributed by atoms with van der Waals surface area (Å²) in [6, 6.07) is 9.80. The smallest absolute Gasteiger partial charge is 0.248 e. The highest BCUT2D eigenvalue weighted by Crippen LogP contribution is 2.35. The number of nitrogens with one attached hydrogen (secondary N) is 1. The maximum Gasteiger partial charge on any atom is 0.248 e. The first-order chi connectivity index (χ1) is 11.6. The SMILES string of the molecule is COc1cc2c(cc1/C=C/C(=O)Nc1ccccc1F)OC(C)C2. The van der Waals surface area contributed by atoms with Gasteiger partial charge in [-0.3, -0.25) is 4.79 Å². The van der Waals surface area contributed by atoms with Crippen LogP contribution < -0.4 is 14.8 Å². The van der Waals surface area contributed by atoms with Crippen LogP contribution in [0.1, 0.15) is 18.1 Å². The van der Waals surface area contributed by atoms with Crippen molar-refractivity contribution in [3.8, 4) is 11.5 Å². The molecule has 1 amide bonds. The van der Waals surface area contributed by atoms with Crippen molar-refractivity contribution in [3.05, 3.63) is 59.4 Å². The van der Waals surface area contributed by atoms with Gasteiger partial charge in [0, 0.05) is 23.6 Å². The number of hydrogen-bond acceptors (Lipinski definition) is 3. The maximum absolute atomic E-state index is 13.5. The van der Waals surface area contributed by atoms with E-state index in [9.17, 15) is 9.18 Å². The second kappa shape index (κ2) is 6.74. The molecular weight excluding hydrogens is 309 g/mol. The molecule has 4 nitrogen and oxygen atoms in total. The van der Waals surface area contributed by atoms with E-state index >= 15 is 0 Å². The van der Waals surface area contributed by atoms with Crippen LogP contribution in [0.3, 0.4) is 0 Å². The van der Waals surface area contributed by atoms with Gasteiger partial charge in [0.25, 0.3) is 0 Å². The van der Waals surface area contributed by atoms with E-state index in [-0.39, 0.29) is 11.8 Å². The Kier molecular flexibility index (Phi) is 4.51. The molecule has 0 fully saturated rings. The zero-order valence-corrected chi connectivity index (χ0v) is 13.5. The Bertz CT molecular complexity index is 801. The number of fused-ring (bicyclic) bond motifs is 1. The molecule has 3 rings (SSSR count). The molecule has 2 aromatic rings. The highest BCUT2D eigenvalue weighted by molar-refractivity contribution is 6.02. The van der Waals surface area contributed by atoms with Crippen LogP contribution in [0.5, 0.6) is 11.5 Å². The minimum Gasteiger partial charge on any atom is -0.496 e. The molecule has 2 aromatic carbocycles. The van der Waals surface area contributed by atoms with Gasteiger partial charge in [0.05, 0.1) is 12.8 Å². The van der Waals surface area contributed by atoms with Crippen LogP contribution in [0.15, 0.2) is 42.5 Å². The zero-order valence-electron chi connectivity index (χ0n) is 13.5. The second-order valence-corrected chi connectivity index (χ2v) is 5.64. The van der Waals surface area contributed by atoms with Gasteiger partial charge in [-0.05, 0) is 37.3 Å². The Hall–Kier alpha value is -2.82. The van der Waals surface area contributed by atoms with E-state index in [4.69, 9.17) is 9.47 Å². The van der Waals surface area contributed by atoms with E-state index in [1.54, 1.807) is 25.3 Å². The number of halogens is 1. The standard InChI is InChI=1S/C19H18FNO3/c1-12-9-14-11-17(23-2)13(10-18(14)24-12)7-8-19(22)21-16-6-4-3-5-15(16)20/h3-8,10-12H,9H2,1-2H3,(H,21,22)/b8-7+. The second-order valence-electron chi connectivity index (χ2n) is 5.64. The van der Waals surface area contributed by atoms with Crippen molar-refractivity contribution < 1.29 is 18.7 Å². The number of ether oxygens (including phenoxy) is 2. The van der Waals surface area contributed by atoms with Gasteiger partial charge in [0.1, 0.15) is 23.4 Å². The quantitative estimate of drug-likeness (QED) is 0.869. The van der Waals surface area contributed by atoms with Crippen LogP contribution in [0, 0.1) is 5.82 Å².